The van der Waals surface area contributed by atoms with Crippen LogP contribution < -0.4 is 0 Å². The lowest BCUT2D eigenvalue weighted by molar-refractivity contribution is -0.149. The summed E-state index contributed by atoms with van der Waals surface area (Å²) < 4.78 is 5.84. The fourth-order valence-corrected chi connectivity index (χ4v) is 3.91. The predicted octanol–water partition coefficient (Wildman–Crippen LogP) is 3.83. The largest absolute Gasteiger partial charge is 0.374 e. The molecule has 1 aliphatic carbocycles. The monoisotopic (exact) mass is 321 g/mol. The van der Waals surface area contributed by atoms with E-state index in [1.165, 1.54) is 12.8 Å². The lowest BCUT2D eigenvalue weighted by atomic mass is 9.90. The van der Waals surface area contributed by atoms with E-state index >= 15 is 0 Å². The summed E-state index contributed by atoms with van der Waals surface area (Å²) in [6.07, 6.45) is 7.25. The SMILES string of the molecule is O=C(CCCc1ccccc1Cl)N1CCOC2CCCCC21. The maximum Gasteiger partial charge on any atom is 0.222 e. The van der Waals surface area contributed by atoms with Gasteiger partial charge in [-0.2, -0.15) is 0 Å². The average molecular weight is 322 g/mol. The third kappa shape index (κ3) is 3.64. The van der Waals surface area contributed by atoms with Gasteiger partial charge in [-0.05, 0) is 37.3 Å². The number of carbonyl (C=O) groups is 1. The molecule has 0 radical (unpaired) electrons. The molecule has 3 rings (SSSR count). The Hall–Kier alpha value is -1.06. The van der Waals surface area contributed by atoms with E-state index in [0.717, 1.165) is 42.8 Å². The van der Waals surface area contributed by atoms with Crippen LogP contribution in [0.25, 0.3) is 0 Å². The Bertz CT molecular complexity index is 518. The van der Waals surface area contributed by atoms with Crippen LogP contribution in [0.3, 0.4) is 0 Å². The molecule has 0 aromatic heterocycles. The Morgan fingerprint density at radius 2 is 2.09 bits per heavy atom. The van der Waals surface area contributed by atoms with Gasteiger partial charge in [-0.3, -0.25) is 4.79 Å². The van der Waals surface area contributed by atoms with E-state index in [-0.39, 0.29) is 12.0 Å². The van der Waals surface area contributed by atoms with Crippen LogP contribution in [-0.2, 0) is 16.0 Å². The highest BCUT2D eigenvalue weighted by Crippen LogP contribution is 2.29. The van der Waals surface area contributed by atoms with Crippen LogP contribution in [0.15, 0.2) is 24.3 Å². The number of fused-ring (bicyclic) bond motifs is 1. The number of benzene rings is 1. The molecule has 4 heteroatoms. The van der Waals surface area contributed by atoms with Crippen molar-refractivity contribution >= 4 is 17.5 Å². The molecule has 1 heterocycles. The van der Waals surface area contributed by atoms with Gasteiger partial charge in [0.1, 0.15) is 0 Å². The Labute approximate surface area is 137 Å². The van der Waals surface area contributed by atoms with Crippen molar-refractivity contribution in [2.24, 2.45) is 0 Å². The minimum absolute atomic E-state index is 0.273. The number of ether oxygens (including phenoxy) is 1. The maximum absolute atomic E-state index is 12.6. The van der Waals surface area contributed by atoms with Crippen LogP contribution in [0, 0.1) is 0 Å². The molecule has 1 aliphatic heterocycles. The summed E-state index contributed by atoms with van der Waals surface area (Å²) in [5.74, 6) is 0.284. The molecule has 120 valence electrons. The number of nitrogens with zero attached hydrogens (tertiary/aromatic N) is 1. The number of aryl methyl sites for hydroxylation is 1. The van der Waals surface area contributed by atoms with E-state index in [4.69, 9.17) is 16.3 Å². The van der Waals surface area contributed by atoms with Gasteiger partial charge in [0.15, 0.2) is 0 Å². The summed E-state index contributed by atoms with van der Waals surface area (Å²) in [5, 5.41) is 0.800. The molecule has 2 fully saturated rings. The molecular weight excluding hydrogens is 298 g/mol. The van der Waals surface area contributed by atoms with E-state index in [1.807, 2.05) is 24.3 Å². The van der Waals surface area contributed by atoms with Crippen LogP contribution in [0.2, 0.25) is 5.02 Å². The van der Waals surface area contributed by atoms with Crippen molar-refractivity contribution in [3.63, 3.8) is 0 Å². The highest BCUT2D eigenvalue weighted by atomic mass is 35.5. The minimum Gasteiger partial charge on any atom is -0.374 e. The number of rotatable bonds is 4. The molecule has 3 nitrogen and oxygen atoms in total. The van der Waals surface area contributed by atoms with E-state index < -0.39 is 0 Å². The fourth-order valence-electron chi connectivity index (χ4n) is 3.68. The van der Waals surface area contributed by atoms with Crippen molar-refractivity contribution in [2.75, 3.05) is 13.2 Å². The highest BCUT2D eigenvalue weighted by Gasteiger charge is 2.36. The summed E-state index contributed by atoms with van der Waals surface area (Å²) in [7, 11) is 0. The molecule has 2 atom stereocenters. The second kappa shape index (κ2) is 7.47. The van der Waals surface area contributed by atoms with Gasteiger partial charge in [0.2, 0.25) is 5.91 Å². The van der Waals surface area contributed by atoms with Gasteiger partial charge in [0.25, 0.3) is 0 Å². The molecule has 0 N–H and O–H groups in total. The molecule has 1 amide bonds. The van der Waals surface area contributed by atoms with Crippen LogP contribution in [0.5, 0.6) is 0 Å². The first-order chi connectivity index (χ1) is 10.8. The topological polar surface area (TPSA) is 29.5 Å². The van der Waals surface area contributed by atoms with E-state index in [2.05, 4.69) is 4.90 Å². The third-order valence-corrected chi connectivity index (χ3v) is 5.22. The van der Waals surface area contributed by atoms with Gasteiger partial charge in [0.05, 0.1) is 18.8 Å². The lowest BCUT2D eigenvalue weighted by Crippen LogP contribution is -2.54. The molecule has 1 saturated heterocycles. The molecular formula is C18H24ClNO2. The van der Waals surface area contributed by atoms with Crippen molar-refractivity contribution in [3.8, 4) is 0 Å². The van der Waals surface area contributed by atoms with Gasteiger partial charge in [0, 0.05) is 18.0 Å². The number of hydrogen-bond acceptors (Lipinski definition) is 2. The summed E-state index contributed by atoms with van der Waals surface area (Å²) >= 11 is 6.17. The van der Waals surface area contributed by atoms with E-state index in [0.29, 0.717) is 19.1 Å². The smallest absolute Gasteiger partial charge is 0.222 e. The molecule has 1 saturated carbocycles. The Kier molecular flexibility index (Phi) is 5.37. The lowest BCUT2D eigenvalue weighted by Gasteiger charge is -2.43. The molecule has 2 unspecified atom stereocenters. The van der Waals surface area contributed by atoms with Crippen LogP contribution in [0.1, 0.15) is 44.1 Å². The Morgan fingerprint density at radius 3 is 2.95 bits per heavy atom. The number of halogens is 1. The van der Waals surface area contributed by atoms with Crippen molar-refractivity contribution in [1.82, 2.24) is 4.90 Å². The Balaban J connectivity index is 1.52. The number of carbonyl (C=O) groups excluding carboxylic acids is 1. The Morgan fingerprint density at radius 1 is 1.27 bits per heavy atom. The van der Waals surface area contributed by atoms with Gasteiger partial charge < -0.3 is 9.64 Å². The van der Waals surface area contributed by atoms with Gasteiger partial charge in [-0.25, -0.2) is 0 Å². The average Bonchev–Trinajstić information content (AvgIpc) is 2.56. The molecule has 1 aromatic rings. The van der Waals surface area contributed by atoms with Crippen molar-refractivity contribution in [1.29, 1.82) is 0 Å². The molecule has 22 heavy (non-hydrogen) atoms. The maximum atomic E-state index is 12.6. The number of morpholine rings is 1. The standard InChI is InChI=1S/C18H24ClNO2/c19-15-8-2-1-6-14(15)7-5-11-18(21)20-12-13-22-17-10-4-3-9-16(17)20/h1-2,6,8,16-17H,3-5,7,9-13H2. The summed E-state index contributed by atoms with van der Waals surface area (Å²) in [5.41, 5.74) is 1.13. The molecule has 1 aromatic carbocycles. The predicted molar refractivity (Wildman–Crippen MR) is 88.1 cm³/mol. The summed E-state index contributed by atoms with van der Waals surface area (Å²) in [6.45, 7) is 1.45. The van der Waals surface area contributed by atoms with Crippen molar-refractivity contribution in [3.05, 3.63) is 34.9 Å². The van der Waals surface area contributed by atoms with Gasteiger partial charge >= 0.3 is 0 Å². The van der Waals surface area contributed by atoms with Gasteiger partial charge in [-0.1, -0.05) is 42.6 Å². The zero-order valence-electron chi connectivity index (χ0n) is 13.0. The first-order valence-electron chi connectivity index (χ1n) is 8.40. The first-order valence-corrected chi connectivity index (χ1v) is 8.78. The molecule has 0 bridgehead atoms. The van der Waals surface area contributed by atoms with E-state index in [1.54, 1.807) is 0 Å². The second-order valence-corrected chi connectivity index (χ2v) is 6.70. The van der Waals surface area contributed by atoms with Crippen LogP contribution in [-0.4, -0.2) is 36.1 Å². The van der Waals surface area contributed by atoms with E-state index in [9.17, 15) is 4.79 Å². The summed E-state index contributed by atoms with van der Waals surface area (Å²) in [6, 6.07) is 8.20. The zero-order chi connectivity index (χ0) is 15.4. The first kappa shape index (κ1) is 15.8. The van der Waals surface area contributed by atoms with Crippen molar-refractivity contribution in [2.45, 2.75) is 57.1 Å². The third-order valence-electron chi connectivity index (χ3n) is 4.85. The second-order valence-electron chi connectivity index (χ2n) is 6.29. The molecule has 0 spiro atoms. The zero-order valence-corrected chi connectivity index (χ0v) is 13.7. The fraction of sp³-hybridized carbons (Fsp3) is 0.611. The minimum atomic E-state index is 0.273. The quantitative estimate of drug-likeness (QED) is 0.843. The van der Waals surface area contributed by atoms with Crippen molar-refractivity contribution < 1.29 is 9.53 Å². The number of hydrogen-bond donors (Lipinski definition) is 0. The normalized spacial score (nSPS) is 24.9. The van der Waals surface area contributed by atoms with Crippen LogP contribution in [0.4, 0.5) is 0 Å². The number of amides is 1. The summed E-state index contributed by atoms with van der Waals surface area (Å²) in [4.78, 5) is 14.6. The highest BCUT2D eigenvalue weighted by molar-refractivity contribution is 6.31. The van der Waals surface area contributed by atoms with Crippen LogP contribution >= 0.6 is 11.6 Å². The van der Waals surface area contributed by atoms with Gasteiger partial charge in [-0.15, -0.1) is 0 Å². The molecule has 2 aliphatic rings.